The van der Waals surface area contributed by atoms with Crippen LogP contribution in [-0.4, -0.2) is 59.8 Å². The Bertz CT molecular complexity index is 1070. The number of fused-ring (bicyclic) bond motifs is 3. The molecule has 1 amide bonds. The van der Waals surface area contributed by atoms with Gasteiger partial charge in [0.25, 0.3) is 5.91 Å². The summed E-state index contributed by atoms with van der Waals surface area (Å²) >= 11 is 1.28. The highest BCUT2D eigenvalue weighted by Crippen LogP contribution is 2.28. The Morgan fingerprint density at radius 1 is 1.37 bits per heavy atom. The second-order valence-corrected chi connectivity index (χ2v) is 9.80. The highest BCUT2D eigenvalue weighted by atomic mass is 32.1. The molecule has 0 atom stereocenters. The molecule has 0 bridgehead atoms. The quantitative estimate of drug-likeness (QED) is 0.645. The van der Waals surface area contributed by atoms with Crippen molar-refractivity contribution in [2.75, 3.05) is 33.4 Å². The van der Waals surface area contributed by atoms with Crippen LogP contribution >= 0.6 is 11.3 Å². The third kappa shape index (κ3) is 4.34. The maximum atomic E-state index is 15.3. The number of carbonyl (C=O) groups excluding carboxylic acids is 1. The SMILES string of the molecule is CN(CC(C)(C)C)C(=O)c1cn2c(nc3ccc(CNCC4OCCO4)c(F)c32)s1. The van der Waals surface area contributed by atoms with Gasteiger partial charge in [-0.1, -0.05) is 38.2 Å². The fourth-order valence-corrected chi connectivity index (χ4v) is 4.64. The van der Waals surface area contributed by atoms with Crippen LogP contribution in [0.25, 0.3) is 16.0 Å². The molecule has 1 aliphatic rings. The van der Waals surface area contributed by atoms with Crippen molar-refractivity contribution in [3.05, 3.63) is 34.6 Å². The van der Waals surface area contributed by atoms with Crippen molar-refractivity contribution in [3.8, 4) is 0 Å². The van der Waals surface area contributed by atoms with Gasteiger partial charge in [-0.15, -0.1) is 0 Å². The Balaban J connectivity index is 1.57. The molecule has 4 rings (SSSR count). The number of aromatic nitrogens is 2. The van der Waals surface area contributed by atoms with Crippen LogP contribution in [0.2, 0.25) is 0 Å². The van der Waals surface area contributed by atoms with Crippen LogP contribution in [0, 0.1) is 11.2 Å². The molecule has 1 fully saturated rings. The lowest BCUT2D eigenvalue weighted by Gasteiger charge is -2.26. The summed E-state index contributed by atoms with van der Waals surface area (Å²) < 4.78 is 27.7. The van der Waals surface area contributed by atoms with E-state index in [9.17, 15) is 4.79 Å². The van der Waals surface area contributed by atoms with Gasteiger partial charge in [0, 0.05) is 38.4 Å². The van der Waals surface area contributed by atoms with Crippen molar-refractivity contribution >= 4 is 33.2 Å². The van der Waals surface area contributed by atoms with E-state index in [4.69, 9.17) is 9.47 Å². The van der Waals surface area contributed by atoms with E-state index in [0.29, 0.717) is 59.3 Å². The van der Waals surface area contributed by atoms with Crippen molar-refractivity contribution in [1.29, 1.82) is 0 Å². The molecule has 3 heterocycles. The summed E-state index contributed by atoms with van der Waals surface area (Å²) in [5, 5.41) is 3.17. The Labute approximate surface area is 178 Å². The topological polar surface area (TPSA) is 68.1 Å². The molecule has 1 aromatic carbocycles. The molecule has 1 aliphatic heterocycles. The summed E-state index contributed by atoms with van der Waals surface area (Å²) in [6, 6.07) is 3.55. The molecule has 0 aliphatic carbocycles. The van der Waals surface area contributed by atoms with Crippen molar-refractivity contribution in [2.24, 2.45) is 5.41 Å². The van der Waals surface area contributed by atoms with Gasteiger partial charge in [0.2, 0.25) is 0 Å². The highest BCUT2D eigenvalue weighted by Gasteiger charge is 2.23. The van der Waals surface area contributed by atoms with Gasteiger partial charge in [0.15, 0.2) is 17.1 Å². The van der Waals surface area contributed by atoms with E-state index in [-0.39, 0.29) is 23.4 Å². The zero-order chi connectivity index (χ0) is 21.5. The lowest BCUT2D eigenvalue weighted by molar-refractivity contribution is -0.0392. The molecule has 2 aromatic heterocycles. The van der Waals surface area contributed by atoms with Crippen LogP contribution in [0.15, 0.2) is 18.3 Å². The summed E-state index contributed by atoms with van der Waals surface area (Å²) in [4.78, 5) is 20.2. The molecular weight excluding hydrogens is 407 g/mol. The van der Waals surface area contributed by atoms with Crippen molar-refractivity contribution in [3.63, 3.8) is 0 Å². The van der Waals surface area contributed by atoms with Crippen molar-refractivity contribution < 1.29 is 18.7 Å². The number of nitrogens with one attached hydrogen (secondary N) is 1. The predicted molar refractivity (Wildman–Crippen MR) is 114 cm³/mol. The number of thiazole rings is 1. The maximum Gasteiger partial charge on any atom is 0.265 e. The second-order valence-electron chi connectivity index (χ2n) is 8.79. The van der Waals surface area contributed by atoms with Crippen molar-refractivity contribution in [1.82, 2.24) is 19.6 Å². The lowest BCUT2D eigenvalue weighted by atomic mass is 9.96. The third-order valence-electron chi connectivity index (χ3n) is 4.87. The summed E-state index contributed by atoms with van der Waals surface area (Å²) in [6.07, 6.45) is 1.41. The molecular formula is C21H27FN4O3S. The molecule has 30 heavy (non-hydrogen) atoms. The zero-order valence-electron chi connectivity index (χ0n) is 17.7. The van der Waals surface area contributed by atoms with Crippen molar-refractivity contribution in [2.45, 2.75) is 33.6 Å². The van der Waals surface area contributed by atoms with Gasteiger partial charge in [-0.05, 0) is 11.5 Å². The first kappa shape index (κ1) is 21.2. The zero-order valence-corrected chi connectivity index (χ0v) is 18.5. The van der Waals surface area contributed by atoms with E-state index in [1.54, 1.807) is 28.6 Å². The predicted octanol–water partition coefficient (Wildman–Crippen LogP) is 3.27. The van der Waals surface area contributed by atoms with Gasteiger partial charge in [-0.3, -0.25) is 9.20 Å². The van der Waals surface area contributed by atoms with E-state index in [0.717, 1.165) is 0 Å². The third-order valence-corrected chi connectivity index (χ3v) is 5.84. The van der Waals surface area contributed by atoms with Crippen LogP contribution in [0.5, 0.6) is 0 Å². The van der Waals surface area contributed by atoms with Crippen LogP contribution in [0.4, 0.5) is 4.39 Å². The van der Waals surface area contributed by atoms with Crippen LogP contribution in [0.3, 0.4) is 0 Å². The van der Waals surface area contributed by atoms with Crippen LogP contribution < -0.4 is 5.32 Å². The Morgan fingerprint density at radius 2 is 2.10 bits per heavy atom. The van der Waals surface area contributed by atoms with Gasteiger partial charge >= 0.3 is 0 Å². The van der Waals surface area contributed by atoms with E-state index >= 15 is 4.39 Å². The smallest absolute Gasteiger partial charge is 0.265 e. The van der Waals surface area contributed by atoms with E-state index < -0.39 is 0 Å². The average Bonchev–Trinajstić information content (AvgIpc) is 3.37. The normalized spacial score (nSPS) is 15.5. The molecule has 0 unspecified atom stereocenters. The summed E-state index contributed by atoms with van der Waals surface area (Å²) in [6.45, 7) is 8.91. The minimum Gasteiger partial charge on any atom is -0.349 e. The van der Waals surface area contributed by atoms with Gasteiger partial charge < -0.3 is 19.7 Å². The molecule has 0 saturated carbocycles. The molecule has 1 saturated heterocycles. The number of nitrogens with zero attached hydrogens (tertiary/aromatic N) is 3. The lowest BCUT2D eigenvalue weighted by Crippen LogP contribution is -2.34. The van der Waals surface area contributed by atoms with Gasteiger partial charge in [0.05, 0.1) is 18.7 Å². The molecule has 3 aromatic rings. The first-order chi connectivity index (χ1) is 14.2. The molecule has 0 spiro atoms. The van der Waals surface area contributed by atoms with Crippen LogP contribution in [0.1, 0.15) is 36.0 Å². The van der Waals surface area contributed by atoms with Crippen LogP contribution in [-0.2, 0) is 16.0 Å². The summed E-state index contributed by atoms with van der Waals surface area (Å²) in [5.74, 6) is -0.413. The fraction of sp³-hybridized carbons (Fsp3) is 0.524. The number of halogens is 1. The molecule has 1 N–H and O–H groups in total. The van der Waals surface area contributed by atoms with Gasteiger partial charge in [0.1, 0.15) is 10.4 Å². The fourth-order valence-electron chi connectivity index (χ4n) is 3.66. The van der Waals surface area contributed by atoms with E-state index in [1.165, 1.54) is 11.3 Å². The van der Waals surface area contributed by atoms with Gasteiger partial charge in [-0.25, -0.2) is 9.37 Å². The van der Waals surface area contributed by atoms with Gasteiger partial charge in [-0.2, -0.15) is 0 Å². The Kier molecular flexibility index (Phi) is 5.80. The maximum absolute atomic E-state index is 15.3. The minimum absolute atomic E-state index is 0.00287. The minimum atomic E-state index is -0.333. The molecule has 162 valence electrons. The standard InChI is InChI=1S/C21H27FN4O3S/c1-21(2,3)12-25(4)19(27)15-11-26-18-14(24-20(26)30-15)6-5-13(17(18)22)9-23-10-16-28-7-8-29-16/h5-6,11,16,23H,7-10,12H2,1-4H3. The highest BCUT2D eigenvalue weighted by molar-refractivity contribution is 7.18. The monoisotopic (exact) mass is 434 g/mol. The number of hydrogen-bond acceptors (Lipinski definition) is 6. The number of hydrogen-bond donors (Lipinski definition) is 1. The number of rotatable bonds is 6. The second kappa shape index (κ2) is 8.22. The first-order valence-electron chi connectivity index (χ1n) is 10.0. The molecule has 7 nitrogen and oxygen atoms in total. The average molecular weight is 435 g/mol. The first-order valence-corrected chi connectivity index (χ1v) is 10.8. The number of carbonyl (C=O) groups is 1. The Hall–Kier alpha value is -2.07. The number of benzene rings is 1. The van der Waals surface area contributed by atoms with E-state index in [2.05, 4.69) is 31.1 Å². The summed E-state index contributed by atoms with van der Waals surface area (Å²) in [7, 11) is 1.79. The number of ether oxygens (including phenoxy) is 2. The molecule has 0 radical (unpaired) electrons. The Morgan fingerprint density at radius 3 is 2.80 bits per heavy atom. The number of imidazole rings is 1. The number of amides is 1. The molecule has 9 heteroatoms. The largest absolute Gasteiger partial charge is 0.349 e. The van der Waals surface area contributed by atoms with E-state index in [1.807, 2.05) is 6.07 Å². The summed E-state index contributed by atoms with van der Waals surface area (Å²) in [5.41, 5.74) is 1.50.